The van der Waals surface area contributed by atoms with Crippen LogP contribution in [0.15, 0.2) is 65.6 Å². The van der Waals surface area contributed by atoms with Crippen LogP contribution in [0.3, 0.4) is 0 Å². The highest BCUT2D eigenvalue weighted by Gasteiger charge is 2.35. The zero-order valence-electron chi connectivity index (χ0n) is 25.8. The molecule has 7 nitrogen and oxygen atoms in total. The highest BCUT2D eigenvalue weighted by molar-refractivity contribution is 7.92. The fraction of sp³-hybridized carbons (Fsp3) is 0.412. The molecular weight excluding hydrogens is 617 g/mol. The van der Waals surface area contributed by atoms with Crippen molar-refractivity contribution in [1.82, 2.24) is 10.2 Å². The van der Waals surface area contributed by atoms with Gasteiger partial charge in [-0.25, -0.2) is 8.42 Å². The topological polar surface area (TPSA) is 86.8 Å². The number of hydrogen-bond donors (Lipinski definition) is 1. The smallest absolute Gasteiger partial charge is 0.264 e. The molecular formula is C34H41Cl2N3O4S. The van der Waals surface area contributed by atoms with Gasteiger partial charge in [0.15, 0.2) is 0 Å². The number of amides is 2. The summed E-state index contributed by atoms with van der Waals surface area (Å²) < 4.78 is 29.5. The predicted octanol–water partition coefficient (Wildman–Crippen LogP) is 7.37. The zero-order chi connectivity index (χ0) is 32.0. The number of hydrogen-bond acceptors (Lipinski definition) is 4. The van der Waals surface area contributed by atoms with Crippen molar-refractivity contribution >= 4 is 50.7 Å². The second kappa shape index (κ2) is 14.8. The minimum absolute atomic E-state index is 0.0106. The summed E-state index contributed by atoms with van der Waals surface area (Å²) in [6, 6.07) is 16.2. The van der Waals surface area contributed by atoms with Crippen molar-refractivity contribution in [2.24, 2.45) is 0 Å². The van der Waals surface area contributed by atoms with Crippen LogP contribution in [0, 0.1) is 20.8 Å². The van der Waals surface area contributed by atoms with E-state index in [-0.39, 0.29) is 23.4 Å². The second-order valence-electron chi connectivity index (χ2n) is 11.6. The Balaban J connectivity index is 1.75. The Bertz CT molecular complexity index is 1590. The summed E-state index contributed by atoms with van der Waals surface area (Å²) >= 11 is 12.7. The van der Waals surface area contributed by atoms with Crippen molar-refractivity contribution in [3.05, 3.63) is 93.0 Å². The standard InChI is InChI=1S/C34H41Cl2N3O4S/c1-5-31(34(41)37-28-9-7-6-8-10-28)38(21-26-14-15-27(35)20-30(26)36)33(40)22-39(32-18-13-24(3)19-25(32)4)44(42,43)29-16-11-23(2)12-17-29/h11-20,28,31H,5-10,21-22H2,1-4H3,(H,37,41)/t31-/m0/s1. The number of halogens is 2. The van der Waals surface area contributed by atoms with Crippen LogP contribution in [0.2, 0.25) is 10.0 Å². The Morgan fingerprint density at radius 2 is 1.57 bits per heavy atom. The van der Waals surface area contributed by atoms with E-state index in [1.165, 1.54) is 4.90 Å². The molecule has 0 unspecified atom stereocenters. The van der Waals surface area contributed by atoms with E-state index < -0.39 is 28.5 Å². The van der Waals surface area contributed by atoms with E-state index in [2.05, 4.69) is 5.32 Å². The summed E-state index contributed by atoms with van der Waals surface area (Å²) in [6.07, 6.45) is 5.37. The van der Waals surface area contributed by atoms with Gasteiger partial charge in [0, 0.05) is 22.6 Å². The van der Waals surface area contributed by atoms with Crippen molar-refractivity contribution in [2.75, 3.05) is 10.8 Å². The molecule has 1 atom stereocenters. The van der Waals surface area contributed by atoms with Crippen LogP contribution < -0.4 is 9.62 Å². The first-order chi connectivity index (χ1) is 20.9. The van der Waals surface area contributed by atoms with Crippen LogP contribution in [-0.4, -0.2) is 43.8 Å². The van der Waals surface area contributed by atoms with E-state index in [9.17, 15) is 18.0 Å². The van der Waals surface area contributed by atoms with Gasteiger partial charge in [-0.15, -0.1) is 0 Å². The van der Waals surface area contributed by atoms with Crippen molar-refractivity contribution in [3.8, 4) is 0 Å². The first-order valence-corrected chi connectivity index (χ1v) is 17.3. The van der Waals surface area contributed by atoms with E-state index in [0.29, 0.717) is 33.3 Å². The fourth-order valence-corrected chi connectivity index (χ4v) is 7.68. The number of rotatable bonds is 11. The van der Waals surface area contributed by atoms with Gasteiger partial charge in [-0.2, -0.15) is 0 Å². The molecule has 236 valence electrons. The molecule has 4 rings (SSSR count). The molecule has 0 aromatic heterocycles. The van der Waals surface area contributed by atoms with E-state index in [1.54, 1.807) is 48.5 Å². The number of anilines is 1. The van der Waals surface area contributed by atoms with Gasteiger partial charge < -0.3 is 10.2 Å². The number of nitrogens with one attached hydrogen (secondary N) is 1. The van der Waals surface area contributed by atoms with Crippen molar-refractivity contribution in [1.29, 1.82) is 0 Å². The first-order valence-electron chi connectivity index (χ1n) is 15.1. The van der Waals surface area contributed by atoms with Gasteiger partial charge >= 0.3 is 0 Å². The van der Waals surface area contributed by atoms with Crippen LogP contribution in [0.25, 0.3) is 0 Å². The quantitative estimate of drug-likeness (QED) is 0.233. The average Bonchev–Trinajstić information content (AvgIpc) is 2.98. The molecule has 44 heavy (non-hydrogen) atoms. The molecule has 1 aliphatic rings. The number of carbonyl (C=O) groups excluding carboxylic acids is 2. The third kappa shape index (κ3) is 8.14. The average molecular weight is 659 g/mol. The number of nitrogens with zero attached hydrogens (tertiary/aromatic N) is 2. The van der Waals surface area contributed by atoms with Crippen molar-refractivity contribution < 1.29 is 18.0 Å². The van der Waals surface area contributed by atoms with Gasteiger partial charge in [0.25, 0.3) is 10.0 Å². The number of carbonyl (C=O) groups is 2. The van der Waals surface area contributed by atoms with Crippen LogP contribution in [-0.2, 0) is 26.2 Å². The molecule has 1 N–H and O–H groups in total. The Hall–Kier alpha value is -3.07. The van der Waals surface area contributed by atoms with Crippen molar-refractivity contribution in [3.63, 3.8) is 0 Å². The minimum Gasteiger partial charge on any atom is -0.352 e. The van der Waals surface area contributed by atoms with E-state index in [0.717, 1.165) is 47.5 Å². The molecule has 0 spiro atoms. The van der Waals surface area contributed by atoms with E-state index in [4.69, 9.17) is 23.2 Å². The van der Waals surface area contributed by atoms with E-state index >= 15 is 0 Å². The molecule has 10 heteroatoms. The Kier molecular flexibility index (Phi) is 11.4. The molecule has 0 saturated heterocycles. The molecule has 3 aromatic rings. The van der Waals surface area contributed by atoms with Crippen LogP contribution in [0.1, 0.15) is 67.7 Å². The fourth-order valence-electron chi connectivity index (χ4n) is 5.73. The normalized spacial score (nSPS) is 14.6. The molecule has 0 heterocycles. The minimum atomic E-state index is -4.16. The Morgan fingerprint density at radius 3 is 2.18 bits per heavy atom. The lowest BCUT2D eigenvalue weighted by atomic mass is 9.95. The third-order valence-electron chi connectivity index (χ3n) is 8.20. The Labute approximate surface area is 271 Å². The second-order valence-corrected chi connectivity index (χ2v) is 14.3. The number of benzene rings is 3. The molecule has 0 bridgehead atoms. The van der Waals surface area contributed by atoms with E-state index in [1.807, 2.05) is 39.8 Å². The van der Waals surface area contributed by atoms with Crippen LogP contribution in [0.5, 0.6) is 0 Å². The van der Waals surface area contributed by atoms with Crippen molar-refractivity contribution in [2.45, 2.75) is 89.7 Å². The molecule has 0 radical (unpaired) electrons. The molecule has 0 aliphatic heterocycles. The maximum atomic E-state index is 14.4. The summed E-state index contributed by atoms with van der Waals surface area (Å²) in [5, 5.41) is 3.96. The lowest BCUT2D eigenvalue weighted by Gasteiger charge is -2.35. The Morgan fingerprint density at radius 1 is 0.909 bits per heavy atom. The molecule has 1 fully saturated rings. The maximum absolute atomic E-state index is 14.4. The van der Waals surface area contributed by atoms with Gasteiger partial charge in [0.1, 0.15) is 12.6 Å². The van der Waals surface area contributed by atoms with Crippen LogP contribution in [0.4, 0.5) is 5.69 Å². The molecule has 3 aromatic carbocycles. The highest BCUT2D eigenvalue weighted by atomic mass is 35.5. The lowest BCUT2D eigenvalue weighted by Crippen LogP contribution is -2.54. The molecule has 1 aliphatic carbocycles. The first kappa shape index (κ1) is 33.8. The third-order valence-corrected chi connectivity index (χ3v) is 10.6. The summed E-state index contributed by atoms with van der Waals surface area (Å²) in [6.45, 7) is 6.98. The lowest BCUT2D eigenvalue weighted by molar-refractivity contribution is -0.140. The molecule has 1 saturated carbocycles. The summed E-state index contributed by atoms with van der Waals surface area (Å²) in [7, 11) is -4.16. The summed E-state index contributed by atoms with van der Waals surface area (Å²) in [5.41, 5.74) is 3.60. The summed E-state index contributed by atoms with van der Waals surface area (Å²) in [4.78, 5) is 29.6. The van der Waals surface area contributed by atoms with Gasteiger partial charge in [-0.1, -0.05) is 90.8 Å². The SMILES string of the molecule is CC[C@@H](C(=O)NC1CCCCC1)N(Cc1ccc(Cl)cc1Cl)C(=O)CN(c1ccc(C)cc1C)S(=O)(=O)c1ccc(C)cc1. The highest BCUT2D eigenvalue weighted by Crippen LogP contribution is 2.30. The van der Waals surface area contributed by atoms with Gasteiger partial charge in [0.05, 0.1) is 10.6 Å². The predicted molar refractivity (Wildman–Crippen MR) is 178 cm³/mol. The zero-order valence-corrected chi connectivity index (χ0v) is 28.1. The molecule has 2 amide bonds. The van der Waals surface area contributed by atoms with Gasteiger partial charge in [0.2, 0.25) is 11.8 Å². The van der Waals surface area contributed by atoms with Gasteiger partial charge in [-0.05, 0) is 81.5 Å². The monoisotopic (exact) mass is 657 g/mol. The number of sulfonamides is 1. The summed E-state index contributed by atoms with van der Waals surface area (Å²) in [5.74, 6) is -0.769. The largest absolute Gasteiger partial charge is 0.352 e. The number of aryl methyl sites for hydroxylation is 3. The maximum Gasteiger partial charge on any atom is 0.264 e. The van der Waals surface area contributed by atoms with Gasteiger partial charge in [-0.3, -0.25) is 13.9 Å². The van der Waals surface area contributed by atoms with Crippen LogP contribution >= 0.6 is 23.2 Å².